The average Bonchev–Trinajstić information content (AvgIpc) is 2.56. The monoisotopic (exact) mass is 335 g/mol. The molecule has 0 radical (unpaired) electrons. The summed E-state index contributed by atoms with van der Waals surface area (Å²) >= 11 is 5.63. The maximum Gasteiger partial charge on any atom is 0.313 e. The predicted octanol–water partition coefficient (Wildman–Crippen LogP) is 2.51. The number of amides is 2. The molecule has 23 heavy (non-hydrogen) atoms. The third-order valence-corrected chi connectivity index (χ3v) is 3.49. The van der Waals surface area contributed by atoms with Gasteiger partial charge in [-0.15, -0.1) is 0 Å². The number of hydrogen-bond acceptors (Lipinski definition) is 3. The summed E-state index contributed by atoms with van der Waals surface area (Å²) in [6.45, 7) is 0.389. The molecule has 1 heterocycles. The first kappa shape index (κ1) is 16.9. The zero-order valence-corrected chi connectivity index (χ0v) is 13.2. The van der Waals surface area contributed by atoms with Crippen LogP contribution in [0.25, 0.3) is 0 Å². The Balaban J connectivity index is 1.90. The van der Waals surface area contributed by atoms with Crippen molar-refractivity contribution in [2.75, 3.05) is 18.9 Å². The van der Waals surface area contributed by atoms with Gasteiger partial charge in [0.1, 0.15) is 5.82 Å². The van der Waals surface area contributed by atoms with E-state index >= 15 is 0 Å². The zero-order valence-electron chi connectivity index (χ0n) is 12.4. The molecule has 5 nitrogen and oxygen atoms in total. The lowest BCUT2D eigenvalue weighted by molar-refractivity contribution is -0.142. The van der Waals surface area contributed by atoms with E-state index in [2.05, 4.69) is 10.3 Å². The highest BCUT2D eigenvalue weighted by Crippen LogP contribution is 2.19. The van der Waals surface area contributed by atoms with Crippen molar-refractivity contribution in [3.63, 3.8) is 0 Å². The summed E-state index contributed by atoms with van der Waals surface area (Å²) in [5.74, 6) is -2.07. The molecule has 7 heteroatoms. The Kier molecular flexibility index (Phi) is 5.65. The number of halogens is 2. The van der Waals surface area contributed by atoms with Gasteiger partial charge in [0.15, 0.2) is 0 Å². The van der Waals surface area contributed by atoms with Crippen molar-refractivity contribution in [3.05, 3.63) is 59.1 Å². The standard InChI is InChI=1S/C16H15ClFN3O2/c1-21(9-6-11-4-7-19-8-5-11)16(23)15(22)20-12-2-3-14(18)13(17)10-12/h2-5,7-8,10H,6,9H2,1H3,(H,20,22). The minimum atomic E-state index is -0.801. The van der Waals surface area contributed by atoms with Gasteiger partial charge in [0.05, 0.1) is 5.02 Å². The first-order valence-corrected chi connectivity index (χ1v) is 7.25. The molecule has 0 atom stereocenters. The highest BCUT2D eigenvalue weighted by molar-refractivity contribution is 6.39. The third-order valence-electron chi connectivity index (χ3n) is 3.20. The third kappa shape index (κ3) is 4.75. The molecule has 1 aromatic heterocycles. The number of nitrogens with zero attached hydrogens (tertiary/aromatic N) is 2. The van der Waals surface area contributed by atoms with Gasteiger partial charge >= 0.3 is 11.8 Å². The summed E-state index contributed by atoms with van der Waals surface area (Å²) < 4.78 is 13.1. The van der Waals surface area contributed by atoms with Gasteiger partial charge in [-0.1, -0.05) is 11.6 Å². The largest absolute Gasteiger partial charge is 0.337 e. The van der Waals surface area contributed by atoms with Crippen molar-refractivity contribution in [2.45, 2.75) is 6.42 Å². The summed E-state index contributed by atoms with van der Waals surface area (Å²) in [5.41, 5.74) is 1.28. The van der Waals surface area contributed by atoms with E-state index in [0.29, 0.717) is 13.0 Å². The van der Waals surface area contributed by atoms with Crippen molar-refractivity contribution in [2.24, 2.45) is 0 Å². The Hall–Kier alpha value is -2.47. The molecule has 0 aliphatic carbocycles. The molecule has 0 fully saturated rings. The van der Waals surface area contributed by atoms with Crippen molar-refractivity contribution in [3.8, 4) is 0 Å². The van der Waals surface area contributed by atoms with Gasteiger partial charge in [-0.3, -0.25) is 14.6 Å². The molecule has 2 amide bonds. The van der Waals surface area contributed by atoms with Crippen LogP contribution in [0.4, 0.5) is 10.1 Å². The van der Waals surface area contributed by atoms with E-state index in [9.17, 15) is 14.0 Å². The lowest BCUT2D eigenvalue weighted by Crippen LogP contribution is -2.38. The molecule has 1 N–H and O–H groups in total. The maximum absolute atomic E-state index is 13.1. The smallest absolute Gasteiger partial charge is 0.313 e. The van der Waals surface area contributed by atoms with Crippen LogP contribution in [0.2, 0.25) is 5.02 Å². The molecule has 1 aromatic carbocycles. The number of nitrogens with one attached hydrogen (secondary N) is 1. The second-order valence-electron chi connectivity index (χ2n) is 4.92. The van der Waals surface area contributed by atoms with Crippen LogP contribution < -0.4 is 5.32 Å². The first-order chi connectivity index (χ1) is 11.0. The second kappa shape index (κ2) is 7.69. The molecule has 2 rings (SSSR count). The number of anilines is 1. The molecule has 120 valence electrons. The summed E-state index contributed by atoms with van der Waals surface area (Å²) in [4.78, 5) is 29.2. The fraction of sp³-hybridized carbons (Fsp3) is 0.188. The van der Waals surface area contributed by atoms with Crippen molar-refractivity contribution in [1.29, 1.82) is 0 Å². The number of benzene rings is 1. The fourth-order valence-electron chi connectivity index (χ4n) is 1.88. The number of carbonyl (C=O) groups excluding carboxylic acids is 2. The number of rotatable bonds is 4. The van der Waals surface area contributed by atoms with Crippen molar-refractivity contribution < 1.29 is 14.0 Å². The van der Waals surface area contributed by atoms with E-state index in [1.165, 1.54) is 17.0 Å². The van der Waals surface area contributed by atoms with E-state index in [4.69, 9.17) is 11.6 Å². The zero-order chi connectivity index (χ0) is 16.8. The molecule has 2 aromatic rings. The number of carbonyl (C=O) groups is 2. The van der Waals surface area contributed by atoms with Gasteiger partial charge in [-0.05, 0) is 42.3 Å². The number of hydrogen-bond donors (Lipinski definition) is 1. The molecular weight excluding hydrogens is 321 g/mol. The highest BCUT2D eigenvalue weighted by atomic mass is 35.5. The quantitative estimate of drug-likeness (QED) is 0.873. The molecular formula is C16H15ClFN3O2. The summed E-state index contributed by atoms with van der Waals surface area (Å²) in [7, 11) is 1.54. The first-order valence-electron chi connectivity index (χ1n) is 6.88. The van der Waals surface area contributed by atoms with Crippen molar-refractivity contribution >= 4 is 29.1 Å². The number of likely N-dealkylation sites (N-methyl/N-ethyl adjacent to an activating group) is 1. The van der Waals surface area contributed by atoms with Gasteiger partial charge in [-0.25, -0.2) is 4.39 Å². The molecule has 0 spiro atoms. The van der Waals surface area contributed by atoms with Crippen LogP contribution in [-0.2, 0) is 16.0 Å². The van der Waals surface area contributed by atoms with Gasteiger partial charge in [0.25, 0.3) is 0 Å². The van der Waals surface area contributed by atoms with Crippen LogP contribution in [0.5, 0.6) is 0 Å². The normalized spacial score (nSPS) is 10.2. The lowest BCUT2D eigenvalue weighted by Gasteiger charge is -2.16. The topological polar surface area (TPSA) is 62.3 Å². The minimum Gasteiger partial charge on any atom is -0.337 e. The Labute approximate surface area is 138 Å². The molecule has 0 saturated heterocycles. The van der Waals surface area contributed by atoms with Crippen LogP contribution in [0.3, 0.4) is 0 Å². The lowest BCUT2D eigenvalue weighted by atomic mass is 10.2. The minimum absolute atomic E-state index is 0.124. The Morgan fingerprint density at radius 2 is 1.96 bits per heavy atom. The van der Waals surface area contributed by atoms with E-state index in [-0.39, 0.29) is 10.7 Å². The highest BCUT2D eigenvalue weighted by Gasteiger charge is 2.19. The van der Waals surface area contributed by atoms with Gasteiger partial charge in [0.2, 0.25) is 0 Å². The Bertz CT molecular complexity index is 710. The summed E-state index contributed by atoms with van der Waals surface area (Å²) in [6.07, 6.45) is 3.95. The predicted molar refractivity (Wildman–Crippen MR) is 85.6 cm³/mol. The number of aromatic nitrogens is 1. The molecule has 0 bridgehead atoms. The van der Waals surface area contributed by atoms with Crippen LogP contribution >= 0.6 is 11.6 Å². The summed E-state index contributed by atoms with van der Waals surface area (Å²) in [5, 5.41) is 2.27. The van der Waals surface area contributed by atoms with E-state index in [0.717, 1.165) is 11.6 Å². The Morgan fingerprint density at radius 3 is 2.61 bits per heavy atom. The second-order valence-corrected chi connectivity index (χ2v) is 5.32. The molecule has 0 saturated carbocycles. The van der Waals surface area contributed by atoms with Crippen LogP contribution in [0, 0.1) is 5.82 Å². The average molecular weight is 336 g/mol. The van der Waals surface area contributed by atoms with E-state index in [1.807, 2.05) is 12.1 Å². The maximum atomic E-state index is 13.1. The Morgan fingerprint density at radius 1 is 1.26 bits per heavy atom. The van der Waals surface area contributed by atoms with Gasteiger partial charge in [0, 0.05) is 31.7 Å². The van der Waals surface area contributed by atoms with Gasteiger partial charge in [-0.2, -0.15) is 0 Å². The van der Waals surface area contributed by atoms with E-state index in [1.54, 1.807) is 19.4 Å². The van der Waals surface area contributed by atoms with Crippen LogP contribution in [0.15, 0.2) is 42.7 Å². The SMILES string of the molecule is CN(CCc1ccncc1)C(=O)C(=O)Nc1ccc(F)c(Cl)c1. The van der Waals surface area contributed by atoms with Gasteiger partial charge < -0.3 is 10.2 Å². The van der Waals surface area contributed by atoms with E-state index < -0.39 is 17.6 Å². The number of pyridine rings is 1. The molecule has 0 aliphatic rings. The van der Waals surface area contributed by atoms with Crippen molar-refractivity contribution in [1.82, 2.24) is 9.88 Å². The molecule has 0 unspecified atom stereocenters. The van der Waals surface area contributed by atoms with Crippen LogP contribution in [0.1, 0.15) is 5.56 Å². The fourth-order valence-corrected chi connectivity index (χ4v) is 2.06. The summed E-state index contributed by atoms with van der Waals surface area (Å²) in [6, 6.07) is 7.40. The molecule has 0 aliphatic heterocycles. The van der Waals surface area contributed by atoms with Crippen LogP contribution in [-0.4, -0.2) is 35.3 Å².